The SMILES string of the molecule is CCOC(=O)C1=C(C)N=c2s/c(=C\c3cccnc3)c(=O)n2C1c1ccc(Cl)cc1Cl. The number of fused-ring (bicyclic) bond motifs is 1. The van der Waals surface area contributed by atoms with E-state index in [-0.39, 0.29) is 17.7 Å². The highest BCUT2D eigenvalue weighted by molar-refractivity contribution is 7.07. The number of carbonyl (C=O) groups excluding carboxylic acids is 1. The molecule has 1 aliphatic rings. The van der Waals surface area contributed by atoms with E-state index in [0.29, 0.717) is 30.6 Å². The molecule has 1 unspecified atom stereocenters. The molecule has 1 aromatic carbocycles. The van der Waals surface area contributed by atoms with Gasteiger partial charge in [-0.25, -0.2) is 9.79 Å². The Morgan fingerprint density at radius 1 is 1.32 bits per heavy atom. The molecule has 31 heavy (non-hydrogen) atoms. The Morgan fingerprint density at radius 3 is 2.81 bits per heavy atom. The van der Waals surface area contributed by atoms with E-state index in [4.69, 9.17) is 27.9 Å². The summed E-state index contributed by atoms with van der Waals surface area (Å²) in [7, 11) is 0. The molecule has 3 heterocycles. The van der Waals surface area contributed by atoms with E-state index in [1.54, 1.807) is 56.6 Å². The van der Waals surface area contributed by atoms with E-state index in [9.17, 15) is 9.59 Å². The minimum absolute atomic E-state index is 0.197. The van der Waals surface area contributed by atoms with Gasteiger partial charge in [-0.05, 0) is 49.2 Å². The van der Waals surface area contributed by atoms with Crippen LogP contribution in [0.15, 0.2) is 63.8 Å². The first-order valence-corrected chi connectivity index (χ1v) is 11.0. The van der Waals surface area contributed by atoms with Gasteiger partial charge < -0.3 is 4.74 Å². The predicted molar refractivity (Wildman–Crippen MR) is 121 cm³/mol. The molecule has 0 amide bonds. The van der Waals surface area contributed by atoms with Gasteiger partial charge in [0.05, 0.1) is 22.4 Å². The maximum atomic E-state index is 13.4. The van der Waals surface area contributed by atoms with Gasteiger partial charge >= 0.3 is 5.97 Å². The average Bonchev–Trinajstić information content (AvgIpc) is 3.03. The summed E-state index contributed by atoms with van der Waals surface area (Å²) in [5.41, 5.74) is 1.82. The lowest BCUT2D eigenvalue weighted by molar-refractivity contribution is -0.139. The first-order chi connectivity index (χ1) is 14.9. The summed E-state index contributed by atoms with van der Waals surface area (Å²) in [4.78, 5) is 35.4. The molecule has 0 aliphatic carbocycles. The van der Waals surface area contributed by atoms with Gasteiger partial charge in [0, 0.05) is 22.4 Å². The Morgan fingerprint density at radius 2 is 2.13 bits per heavy atom. The molecule has 6 nitrogen and oxygen atoms in total. The third-order valence-corrected chi connectivity index (χ3v) is 6.30. The molecule has 0 fully saturated rings. The van der Waals surface area contributed by atoms with Crippen molar-refractivity contribution in [3.8, 4) is 0 Å². The molecule has 4 rings (SSSR count). The lowest BCUT2D eigenvalue weighted by Gasteiger charge is -2.25. The Labute approximate surface area is 191 Å². The maximum absolute atomic E-state index is 13.4. The zero-order valence-corrected chi connectivity index (χ0v) is 19.0. The molecule has 158 valence electrons. The van der Waals surface area contributed by atoms with Gasteiger partial charge in [-0.2, -0.15) is 0 Å². The average molecular weight is 474 g/mol. The number of allylic oxidation sites excluding steroid dienone is 1. The highest BCUT2D eigenvalue weighted by Crippen LogP contribution is 2.35. The number of ether oxygens (including phenoxy) is 1. The number of carbonyl (C=O) groups is 1. The second-order valence-corrected chi connectivity index (χ2v) is 8.61. The summed E-state index contributed by atoms with van der Waals surface area (Å²) in [6, 6.07) is 7.84. The highest BCUT2D eigenvalue weighted by atomic mass is 35.5. The van der Waals surface area contributed by atoms with E-state index >= 15 is 0 Å². The topological polar surface area (TPSA) is 73.6 Å². The van der Waals surface area contributed by atoms with Crippen molar-refractivity contribution in [1.82, 2.24) is 9.55 Å². The number of aromatic nitrogens is 2. The molecule has 0 radical (unpaired) electrons. The molecule has 9 heteroatoms. The first-order valence-electron chi connectivity index (χ1n) is 9.45. The number of nitrogens with zero attached hydrogens (tertiary/aromatic N) is 3. The minimum atomic E-state index is -0.781. The number of halogens is 2. The number of esters is 1. The van der Waals surface area contributed by atoms with Crippen molar-refractivity contribution in [2.45, 2.75) is 19.9 Å². The van der Waals surface area contributed by atoms with Crippen LogP contribution < -0.4 is 14.9 Å². The van der Waals surface area contributed by atoms with E-state index < -0.39 is 12.0 Å². The largest absolute Gasteiger partial charge is 0.463 e. The van der Waals surface area contributed by atoms with Crippen molar-refractivity contribution in [2.75, 3.05) is 6.61 Å². The van der Waals surface area contributed by atoms with Gasteiger partial charge in [0.25, 0.3) is 5.56 Å². The van der Waals surface area contributed by atoms with Crippen molar-refractivity contribution in [3.63, 3.8) is 0 Å². The van der Waals surface area contributed by atoms with Crippen molar-refractivity contribution in [2.24, 2.45) is 4.99 Å². The third kappa shape index (κ3) is 4.08. The number of rotatable bonds is 4. The Bertz CT molecular complexity index is 1380. The van der Waals surface area contributed by atoms with Crippen LogP contribution in [0.25, 0.3) is 6.08 Å². The van der Waals surface area contributed by atoms with Gasteiger partial charge in [-0.15, -0.1) is 0 Å². The summed E-state index contributed by atoms with van der Waals surface area (Å²) >= 11 is 13.8. The molecule has 3 aromatic rings. The summed E-state index contributed by atoms with van der Waals surface area (Å²) in [6.07, 6.45) is 5.08. The fraction of sp³-hybridized carbons (Fsp3) is 0.182. The van der Waals surface area contributed by atoms with E-state index in [1.807, 2.05) is 6.07 Å². The molecule has 0 saturated carbocycles. The van der Waals surface area contributed by atoms with Gasteiger partial charge in [-0.1, -0.05) is 46.7 Å². The van der Waals surface area contributed by atoms with Gasteiger partial charge in [0.2, 0.25) is 0 Å². The predicted octanol–water partition coefficient (Wildman–Crippen LogP) is 3.50. The summed E-state index contributed by atoms with van der Waals surface area (Å²) < 4.78 is 7.23. The summed E-state index contributed by atoms with van der Waals surface area (Å²) in [5.74, 6) is -0.540. The monoisotopic (exact) mass is 473 g/mol. The number of hydrogen-bond donors (Lipinski definition) is 0. The summed E-state index contributed by atoms with van der Waals surface area (Å²) in [6.45, 7) is 3.64. The van der Waals surface area contributed by atoms with Crippen molar-refractivity contribution < 1.29 is 9.53 Å². The molecule has 2 aromatic heterocycles. The number of benzene rings is 1. The molecule has 0 bridgehead atoms. The van der Waals surface area contributed by atoms with Crippen molar-refractivity contribution in [3.05, 3.63) is 94.9 Å². The summed E-state index contributed by atoms with van der Waals surface area (Å²) in [5, 5.41) is 0.798. The van der Waals surface area contributed by atoms with Crippen LogP contribution in [0, 0.1) is 0 Å². The molecule has 0 N–H and O–H groups in total. The zero-order valence-electron chi connectivity index (χ0n) is 16.6. The first kappa shape index (κ1) is 21.5. The minimum Gasteiger partial charge on any atom is -0.463 e. The number of hydrogen-bond acceptors (Lipinski definition) is 6. The Hall–Kier alpha value is -2.74. The third-order valence-electron chi connectivity index (χ3n) is 4.76. The zero-order chi connectivity index (χ0) is 22.1. The van der Waals surface area contributed by atoms with Gasteiger partial charge in [0.15, 0.2) is 4.80 Å². The van der Waals surface area contributed by atoms with Crippen LogP contribution >= 0.6 is 34.5 Å². The lowest BCUT2D eigenvalue weighted by atomic mass is 9.96. The Kier molecular flexibility index (Phi) is 6.09. The maximum Gasteiger partial charge on any atom is 0.338 e. The number of pyridine rings is 1. The number of thiazole rings is 1. The standard InChI is InChI=1S/C22H17Cl2N3O3S/c1-3-30-21(29)18-12(2)26-22-27(19(18)15-7-6-14(23)10-16(15)24)20(28)17(31-22)9-13-5-4-8-25-11-13/h4-11,19H,3H2,1-2H3/b17-9-. The van der Waals surface area contributed by atoms with Gasteiger partial charge in [-0.3, -0.25) is 14.3 Å². The van der Waals surface area contributed by atoms with Crippen LogP contribution in [0.5, 0.6) is 0 Å². The van der Waals surface area contributed by atoms with Crippen LogP contribution in [-0.2, 0) is 9.53 Å². The van der Waals surface area contributed by atoms with Crippen LogP contribution in [0.3, 0.4) is 0 Å². The molecule has 1 atom stereocenters. The van der Waals surface area contributed by atoms with Crippen molar-refractivity contribution >= 4 is 46.6 Å². The lowest BCUT2D eigenvalue weighted by Crippen LogP contribution is -2.40. The molecular weight excluding hydrogens is 457 g/mol. The van der Waals surface area contributed by atoms with Crippen LogP contribution in [-0.4, -0.2) is 22.1 Å². The molecule has 0 spiro atoms. The van der Waals surface area contributed by atoms with E-state index in [2.05, 4.69) is 9.98 Å². The molecule has 0 saturated heterocycles. The second kappa shape index (κ2) is 8.78. The molecule has 1 aliphatic heterocycles. The smallest absolute Gasteiger partial charge is 0.338 e. The van der Waals surface area contributed by atoms with Crippen molar-refractivity contribution in [1.29, 1.82) is 0 Å². The van der Waals surface area contributed by atoms with E-state index in [1.165, 1.54) is 15.9 Å². The van der Waals surface area contributed by atoms with Gasteiger partial charge in [0.1, 0.15) is 6.04 Å². The van der Waals surface area contributed by atoms with Crippen LogP contribution in [0.4, 0.5) is 0 Å². The fourth-order valence-electron chi connectivity index (χ4n) is 3.42. The normalized spacial score (nSPS) is 16.1. The highest BCUT2D eigenvalue weighted by Gasteiger charge is 2.34. The van der Waals surface area contributed by atoms with Crippen LogP contribution in [0.2, 0.25) is 10.0 Å². The van der Waals surface area contributed by atoms with Crippen LogP contribution in [0.1, 0.15) is 31.0 Å². The molecular formula is C22H17Cl2N3O3S. The van der Waals surface area contributed by atoms with E-state index in [0.717, 1.165) is 5.56 Å². The second-order valence-electron chi connectivity index (χ2n) is 6.75. The fourth-order valence-corrected chi connectivity index (χ4v) is 4.98. The Balaban J connectivity index is 2.00. The quantitative estimate of drug-likeness (QED) is 0.543.